The molecule has 3 aromatic rings. The summed E-state index contributed by atoms with van der Waals surface area (Å²) in [6.45, 7) is 5.63. The van der Waals surface area contributed by atoms with Crippen molar-refractivity contribution >= 4 is 29.2 Å². The number of aryl methyl sites for hydroxylation is 2. The third-order valence-electron chi connectivity index (χ3n) is 4.44. The molecule has 6 nitrogen and oxygen atoms in total. The SMILES string of the molecule is COCCN(C)c1cc(-c2cc[nH+]cc2)cc(N/N=C/c2cc(C)c(C)s2)n1. The number of aromatic amines is 1. The van der Waals surface area contributed by atoms with Crippen LogP contribution in [0, 0.1) is 13.8 Å². The lowest BCUT2D eigenvalue weighted by atomic mass is 10.1. The van der Waals surface area contributed by atoms with Gasteiger partial charge in [-0.1, -0.05) is 0 Å². The summed E-state index contributed by atoms with van der Waals surface area (Å²) in [5.74, 6) is 1.56. The lowest BCUT2D eigenvalue weighted by molar-refractivity contribution is -0.377. The molecule has 2 N–H and O–H groups in total. The fraction of sp³-hybridized carbons (Fsp3) is 0.286. The Bertz CT molecular complexity index is 920. The standard InChI is InChI=1S/C21H25N5OS/c1-15-11-19(28-16(15)2)14-23-25-20-12-18(17-5-7-22-8-6-17)13-21(24-20)26(3)9-10-27-4/h5-8,11-14H,9-10H2,1-4H3,(H,24,25)/p+1/b23-14+. The van der Waals surface area contributed by atoms with Gasteiger partial charge in [-0.2, -0.15) is 5.10 Å². The van der Waals surface area contributed by atoms with Gasteiger partial charge in [-0.05, 0) is 48.7 Å². The third kappa shape index (κ3) is 5.15. The summed E-state index contributed by atoms with van der Waals surface area (Å²) in [6, 6.07) is 10.3. The Hall–Kier alpha value is -2.77. The first-order chi connectivity index (χ1) is 13.6. The monoisotopic (exact) mass is 396 g/mol. The van der Waals surface area contributed by atoms with Crippen molar-refractivity contribution in [3.63, 3.8) is 0 Å². The molecule has 0 radical (unpaired) electrons. The zero-order valence-corrected chi connectivity index (χ0v) is 17.5. The Labute approximate surface area is 169 Å². The second-order valence-corrected chi connectivity index (χ2v) is 7.85. The van der Waals surface area contributed by atoms with E-state index in [2.05, 4.69) is 46.4 Å². The van der Waals surface area contributed by atoms with Gasteiger partial charge in [0.1, 0.15) is 11.6 Å². The molecule has 0 amide bonds. The van der Waals surface area contributed by atoms with Crippen molar-refractivity contribution in [2.24, 2.45) is 5.10 Å². The quantitative estimate of drug-likeness (QED) is 0.465. The third-order valence-corrected chi connectivity index (χ3v) is 5.53. The molecule has 0 saturated heterocycles. The van der Waals surface area contributed by atoms with Gasteiger partial charge in [-0.3, -0.25) is 5.43 Å². The van der Waals surface area contributed by atoms with Crippen molar-refractivity contribution in [2.75, 3.05) is 37.6 Å². The maximum Gasteiger partial charge on any atom is 0.167 e. The number of aromatic nitrogens is 2. The van der Waals surface area contributed by atoms with Crippen LogP contribution in [0.5, 0.6) is 0 Å². The van der Waals surface area contributed by atoms with Crippen LogP contribution in [0.4, 0.5) is 11.6 Å². The minimum atomic E-state index is 0.640. The van der Waals surface area contributed by atoms with E-state index in [0.717, 1.165) is 28.4 Å². The lowest BCUT2D eigenvalue weighted by Gasteiger charge is -2.19. The zero-order valence-electron chi connectivity index (χ0n) is 16.7. The summed E-state index contributed by atoms with van der Waals surface area (Å²) in [6.07, 6.45) is 5.67. The molecule has 0 unspecified atom stereocenters. The molecule has 3 aromatic heterocycles. The van der Waals surface area contributed by atoms with Crippen molar-refractivity contribution < 1.29 is 9.72 Å². The highest BCUT2D eigenvalue weighted by Crippen LogP contribution is 2.26. The van der Waals surface area contributed by atoms with Crippen molar-refractivity contribution in [1.82, 2.24) is 4.98 Å². The molecular formula is C21H26N5OS+. The van der Waals surface area contributed by atoms with Crippen LogP contribution < -0.4 is 15.3 Å². The van der Waals surface area contributed by atoms with E-state index in [1.165, 1.54) is 10.4 Å². The number of pyridine rings is 2. The largest absolute Gasteiger partial charge is 0.383 e. The van der Waals surface area contributed by atoms with E-state index < -0.39 is 0 Å². The van der Waals surface area contributed by atoms with Gasteiger partial charge in [-0.25, -0.2) is 9.97 Å². The number of H-pyrrole nitrogens is 1. The first-order valence-electron chi connectivity index (χ1n) is 9.11. The van der Waals surface area contributed by atoms with Gasteiger partial charge in [0.2, 0.25) is 0 Å². The fourth-order valence-electron chi connectivity index (χ4n) is 2.69. The van der Waals surface area contributed by atoms with Crippen LogP contribution in [0.15, 0.2) is 47.8 Å². The number of hydrogen-bond acceptors (Lipinski definition) is 6. The molecule has 146 valence electrons. The summed E-state index contributed by atoms with van der Waals surface area (Å²) >= 11 is 1.73. The molecular weight excluding hydrogens is 370 g/mol. The number of hydrazone groups is 1. The summed E-state index contributed by atoms with van der Waals surface area (Å²) in [5.41, 5.74) is 6.55. The van der Waals surface area contributed by atoms with Gasteiger partial charge in [0, 0.05) is 42.6 Å². The minimum Gasteiger partial charge on any atom is -0.383 e. The van der Waals surface area contributed by atoms with Crippen LogP contribution in [-0.4, -0.2) is 38.5 Å². The summed E-state index contributed by atoms with van der Waals surface area (Å²) in [4.78, 5) is 12.3. The Morgan fingerprint density at radius 1 is 1.21 bits per heavy atom. The van der Waals surface area contributed by atoms with E-state index in [9.17, 15) is 0 Å². The van der Waals surface area contributed by atoms with Gasteiger partial charge in [-0.15, -0.1) is 11.3 Å². The van der Waals surface area contributed by atoms with Crippen molar-refractivity contribution in [2.45, 2.75) is 13.8 Å². The molecule has 0 aliphatic heterocycles. The number of rotatable bonds is 8. The Morgan fingerprint density at radius 3 is 2.68 bits per heavy atom. The first-order valence-corrected chi connectivity index (χ1v) is 9.93. The summed E-state index contributed by atoms with van der Waals surface area (Å²) < 4.78 is 5.19. The molecule has 0 spiro atoms. The molecule has 0 aromatic carbocycles. The molecule has 0 fully saturated rings. The number of likely N-dealkylation sites (N-methyl/N-ethyl adjacent to an activating group) is 1. The Morgan fingerprint density at radius 2 is 2.00 bits per heavy atom. The molecule has 3 heterocycles. The fourth-order valence-corrected chi connectivity index (χ4v) is 3.60. The normalized spacial score (nSPS) is 11.1. The van der Waals surface area contributed by atoms with E-state index in [1.807, 2.05) is 43.9 Å². The van der Waals surface area contributed by atoms with Crippen molar-refractivity contribution in [3.05, 3.63) is 58.0 Å². The minimum absolute atomic E-state index is 0.640. The van der Waals surface area contributed by atoms with Gasteiger partial charge < -0.3 is 9.64 Å². The average molecular weight is 397 g/mol. The topological polar surface area (TPSA) is 63.9 Å². The maximum absolute atomic E-state index is 5.19. The average Bonchev–Trinajstić information content (AvgIpc) is 3.04. The van der Waals surface area contributed by atoms with E-state index in [1.54, 1.807) is 18.4 Å². The van der Waals surface area contributed by atoms with Crippen molar-refractivity contribution in [3.8, 4) is 11.1 Å². The molecule has 7 heteroatoms. The first kappa shape index (κ1) is 20.0. The maximum atomic E-state index is 5.19. The summed E-state index contributed by atoms with van der Waals surface area (Å²) in [5, 5.41) is 4.39. The smallest absolute Gasteiger partial charge is 0.167 e. The molecule has 0 aliphatic carbocycles. The van der Waals surface area contributed by atoms with E-state index in [4.69, 9.17) is 9.72 Å². The zero-order chi connectivity index (χ0) is 19.9. The van der Waals surface area contributed by atoms with Gasteiger partial charge >= 0.3 is 0 Å². The molecule has 3 rings (SSSR count). The van der Waals surface area contributed by atoms with Crippen LogP contribution in [0.25, 0.3) is 11.1 Å². The molecule has 0 saturated carbocycles. The second kappa shape index (κ2) is 9.43. The Kier molecular flexibility index (Phi) is 6.73. The van der Waals surface area contributed by atoms with E-state index in [0.29, 0.717) is 12.4 Å². The highest BCUT2D eigenvalue weighted by molar-refractivity contribution is 7.13. The number of methoxy groups -OCH3 is 1. The predicted molar refractivity (Wildman–Crippen MR) is 116 cm³/mol. The number of nitrogens with zero attached hydrogens (tertiary/aromatic N) is 3. The van der Waals surface area contributed by atoms with E-state index in [-0.39, 0.29) is 0 Å². The number of thiophene rings is 1. The van der Waals surface area contributed by atoms with Crippen LogP contribution in [-0.2, 0) is 4.74 Å². The predicted octanol–water partition coefficient (Wildman–Crippen LogP) is 3.77. The number of ether oxygens (including phenoxy) is 1. The molecule has 28 heavy (non-hydrogen) atoms. The van der Waals surface area contributed by atoms with Crippen LogP contribution in [0.2, 0.25) is 0 Å². The highest BCUT2D eigenvalue weighted by atomic mass is 32.1. The second-order valence-electron chi connectivity index (χ2n) is 6.56. The van der Waals surface area contributed by atoms with Gasteiger partial charge in [0.05, 0.1) is 12.8 Å². The molecule has 0 bridgehead atoms. The lowest BCUT2D eigenvalue weighted by Crippen LogP contribution is -2.23. The highest BCUT2D eigenvalue weighted by Gasteiger charge is 2.09. The van der Waals surface area contributed by atoms with Crippen molar-refractivity contribution in [1.29, 1.82) is 0 Å². The summed E-state index contributed by atoms with van der Waals surface area (Å²) in [7, 11) is 3.71. The van der Waals surface area contributed by atoms with Crippen LogP contribution >= 0.6 is 11.3 Å². The Balaban J connectivity index is 1.86. The number of hydrogen-bond donors (Lipinski definition) is 1. The van der Waals surface area contributed by atoms with Crippen LogP contribution in [0.1, 0.15) is 15.3 Å². The van der Waals surface area contributed by atoms with Crippen LogP contribution in [0.3, 0.4) is 0 Å². The number of nitrogens with one attached hydrogen (secondary N) is 2. The van der Waals surface area contributed by atoms with Gasteiger partial charge in [0.25, 0.3) is 0 Å². The van der Waals surface area contributed by atoms with E-state index >= 15 is 0 Å². The number of anilines is 2. The molecule has 0 atom stereocenters. The molecule has 0 aliphatic rings. The van der Waals surface area contributed by atoms with Gasteiger partial charge in [0.15, 0.2) is 12.4 Å².